The number of nitrogens with zero attached hydrogens (tertiary/aromatic N) is 3. The molecule has 0 bridgehead atoms. The molecule has 30 heavy (non-hydrogen) atoms. The molecule has 150 valence electrons. The van der Waals surface area contributed by atoms with Crippen molar-refractivity contribution in [3.05, 3.63) is 92.8 Å². The number of carbonyl (C=O) groups is 1. The molecule has 3 aromatic rings. The van der Waals surface area contributed by atoms with Gasteiger partial charge in [0, 0.05) is 35.4 Å². The first-order chi connectivity index (χ1) is 14.3. The number of benzene rings is 2. The van der Waals surface area contributed by atoms with Gasteiger partial charge < -0.3 is 9.88 Å². The Morgan fingerprint density at radius 3 is 2.33 bits per heavy atom. The molecule has 1 heterocycles. The predicted octanol–water partition coefficient (Wildman–Crippen LogP) is 4.86. The third-order valence-electron chi connectivity index (χ3n) is 4.69. The van der Waals surface area contributed by atoms with E-state index in [1.807, 2.05) is 39.0 Å². The lowest BCUT2D eigenvalue weighted by molar-refractivity contribution is -0.384. The molecule has 0 atom stereocenters. The van der Waals surface area contributed by atoms with Crippen molar-refractivity contribution in [3.63, 3.8) is 0 Å². The van der Waals surface area contributed by atoms with Crippen LogP contribution in [0.4, 0.5) is 11.4 Å². The molecule has 0 saturated heterocycles. The Morgan fingerprint density at radius 2 is 1.77 bits per heavy atom. The summed E-state index contributed by atoms with van der Waals surface area (Å²) in [6, 6.07) is 15.5. The van der Waals surface area contributed by atoms with Crippen molar-refractivity contribution in [1.29, 1.82) is 5.26 Å². The summed E-state index contributed by atoms with van der Waals surface area (Å²) in [7, 11) is 0. The molecular weight excluding hydrogens is 380 g/mol. The molecular formula is C23H20N4O3. The van der Waals surface area contributed by atoms with Crippen LogP contribution in [-0.4, -0.2) is 15.4 Å². The highest BCUT2D eigenvalue weighted by Gasteiger charge is 2.14. The van der Waals surface area contributed by atoms with Gasteiger partial charge in [0.25, 0.3) is 11.6 Å². The fourth-order valence-electron chi connectivity index (χ4n) is 3.34. The summed E-state index contributed by atoms with van der Waals surface area (Å²) in [5.74, 6) is -0.496. The van der Waals surface area contributed by atoms with E-state index in [-0.39, 0.29) is 11.3 Å². The lowest BCUT2D eigenvalue weighted by Crippen LogP contribution is -2.15. The van der Waals surface area contributed by atoms with Crippen LogP contribution < -0.4 is 5.32 Å². The van der Waals surface area contributed by atoms with Crippen LogP contribution in [-0.2, 0) is 4.79 Å². The molecule has 3 rings (SSSR count). The molecule has 0 fully saturated rings. The second-order valence-electron chi connectivity index (χ2n) is 6.97. The minimum absolute atomic E-state index is 0.0103. The molecule has 0 radical (unpaired) electrons. The van der Waals surface area contributed by atoms with Gasteiger partial charge in [0.05, 0.1) is 4.92 Å². The van der Waals surface area contributed by atoms with Gasteiger partial charge in [-0.25, -0.2) is 0 Å². The van der Waals surface area contributed by atoms with Gasteiger partial charge >= 0.3 is 0 Å². The molecule has 1 N–H and O–H groups in total. The van der Waals surface area contributed by atoms with Crippen molar-refractivity contribution in [2.24, 2.45) is 0 Å². The lowest BCUT2D eigenvalue weighted by atomic mass is 10.0. The topological polar surface area (TPSA) is 101 Å². The first-order valence-corrected chi connectivity index (χ1v) is 9.23. The zero-order valence-corrected chi connectivity index (χ0v) is 16.8. The van der Waals surface area contributed by atoms with Gasteiger partial charge in [-0.1, -0.05) is 17.7 Å². The minimum Gasteiger partial charge on any atom is -0.321 e. The molecule has 0 spiro atoms. The average molecular weight is 400 g/mol. The van der Waals surface area contributed by atoms with E-state index in [2.05, 4.69) is 5.32 Å². The number of nitrogens with one attached hydrogen (secondary N) is 1. The largest absolute Gasteiger partial charge is 0.321 e. The second-order valence-corrected chi connectivity index (χ2v) is 6.97. The smallest absolute Gasteiger partial charge is 0.269 e. The van der Waals surface area contributed by atoms with Crippen molar-refractivity contribution < 1.29 is 9.72 Å². The first-order valence-electron chi connectivity index (χ1n) is 9.23. The van der Waals surface area contributed by atoms with Crippen molar-refractivity contribution in [2.45, 2.75) is 20.8 Å². The zero-order chi connectivity index (χ0) is 21.8. The Bertz CT molecular complexity index is 1170. The molecule has 1 aromatic heterocycles. The summed E-state index contributed by atoms with van der Waals surface area (Å²) in [5.41, 5.74) is 4.87. The Hall–Kier alpha value is -4.18. The molecule has 1 amide bonds. The zero-order valence-electron chi connectivity index (χ0n) is 16.8. The molecule has 0 aliphatic rings. The first kappa shape index (κ1) is 20.6. The lowest BCUT2D eigenvalue weighted by Gasteiger charge is -2.12. The fourth-order valence-corrected chi connectivity index (χ4v) is 3.34. The van der Waals surface area contributed by atoms with Crippen LogP contribution in [0.3, 0.4) is 0 Å². The van der Waals surface area contributed by atoms with Gasteiger partial charge in [0.2, 0.25) is 0 Å². The van der Waals surface area contributed by atoms with Crippen LogP contribution in [0.15, 0.2) is 60.3 Å². The molecule has 7 heteroatoms. The third-order valence-corrected chi connectivity index (χ3v) is 4.69. The quantitative estimate of drug-likeness (QED) is 0.286. The Morgan fingerprint density at radius 1 is 1.13 bits per heavy atom. The van der Waals surface area contributed by atoms with Gasteiger partial charge in [0.15, 0.2) is 0 Å². The molecule has 0 saturated carbocycles. The predicted molar refractivity (Wildman–Crippen MR) is 115 cm³/mol. The fraction of sp³-hybridized carbons (Fsp3) is 0.130. The van der Waals surface area contributed by atoms with E-state index in [0.717, 1.165) is 16.7 Å². The third kappa shape index (κ3) is 4.28. The SMILES string of the molecule is Cc1cc(C)c(NC(=O)/C(C#N)=C/c2cccn2-c2ccc([N+](=O)[O-])cc2)c(C)c1. The highest BCUT2D eigenvalue weighted by Crippen LogP contribution is 2.23. The van der Waals surface area contributed by atoms with Crippen LogP contribution in [0, 0.1) is 42.2 Å². The number of carbonyl (C=O) groups excluding carboxylic acids is 1. The van der Waals surface area contributed by atoms with Gasteiger partial charge in [-0.15, -0.1) is 0 Å². The number of nitro groups is 1. The number of aryl methyl sites for hydroxylation is 3. The van der Waals surface area contributed by atoms with Gasteiger partial charge in [-0.2, -0.15) is 5.26 Å². The van der Waals surface area contributed by atoms with Crippen LogP contribution in [0.1, 0.15) is 22.4 Å². The summed E-state index contributed by atoms with van der Waals surface area (Å²) < 4.78 is 1.75. The van der Waals surface area contributed by atoms with E-state index >= 15 is 0 Å². The van der Waals surface area contributed by atoms with E-state index in [1.54, 1.807) is 35.0 Å². The summed E-state index contributed by atoms with van der Waals surface area (Å²) in [4.78, 5) is 23.1. The Labute approximate surface area is 174 Å². The standard InChI is InChI=1S/C23H20N4O3/c1-15-11-16(2)22(17(3)12-15)25-23(28)18(14-24)13-21-5-4-10-26(21)19-6-8-20(9-7-19)27(29)30/h4-13H,1-3H3,(H,25,28)/b18-13+. The number of amides is 1. The summed E-state index contributed by atoms with van der Waals surface area (Å²) in [6.07, 6.45) is 3.25. The van der Waals surface area contributed by atoms with E-state index in [1.165, 1.54) is 18.2 Å². The van der Waals surface area contributed by atoms with Gasteiger partial charge in [-0.3, -0.25) is 14.9 Å². The number of non-ortho nitro benzene ring substituents is 1. The maximum absolute atomic E-state index is 12.7. The van der Waals surface area contributed by atoms with Gasteiger partial charge in [-0.05, 0) is 62.2 Å². The minimum atomic E-state index is -0.496. The highest BCUT2D eigenvalue weighted by molar-refractivity contribution is 6.10. The number of hydrogen-bond donors (Lipinski definition) is 1. The van der Waals surface area contributed by atoms with Gasteiger partial charge in [0.1, 0.15) is 11.6 Å². The number of hydrogen-bond acceptors (Lipinski definition) is 4. The summed E-state index contributed by atoms with van der Waals surface area (Å²) in [6.45, 7) is 5.80. The number of nitriles is 1. The summed E-state index contributed by atoms with van der Waals surface area (Å²) >= 11 is 0. The molecule has 2 aromatic carbocycles. The van der Waals surface area contributed by atoms with E-state index < -0.39 is 10.8 Å². The highest BCUT2D eigenvalue weighted by atomic mass is 16.6. The van der Waals surface area contributed by atoms with Crippen molar-refractivity contribution >= 4 is 23.4 Å². The van der Waals surface area contributed by atoms with Crippen molar-refractivity contribution in [2.75, 3.05) is 5.32 Å². The van der Waals surface area contributed by atoms with Crippen LogP contribution in [0.2, 0.25) is 0 Å². The summed E-state index contributed by atoms with van der Waals surface area (Å²) in [5, 5.41) is 23.2. The molecule has 0 unspecified atom stereocenters. The normalized spacial score (nSPS) is 11.1. The maximum atomic E-state index is 12.7. The van der Waals surface area contributed by atoms with Crippen LogP contribution in [0.5, 0.6) is 0 Å². The number of nitro benzene ring substituents is 1. The van der Waals surface area contributed by atoms with Crippen LogP contribution >= 0.6 is 0 Å². The molecule has 0 aliphatic heterocycles. The van der Waals surface area contributed by atoms with E-state index in [9.17, 15) is 20.2 Å². The number of anilines is 1. The monoisotopic (exact) mass is 400 g/mol. The Balaban J connectivity index is 1.91. The Kier molecular flexibility index (Phi) is 5.79. The van der Waals surface area contributed by atoms with Crippen molar-refractivity contribution in [3.8, 4) is 11.8 Å². The van der Waals surface area contributed by atoms with Crippen LogP contribution in [0.25, 0.3) is 11.8 Å². The average Bonchev–Trinajstić information content (AvgIpc) is 3.17. The van der Waals surface area contributed by atoms with Crippen molar-refractivity contribution in [1.82, 2.24) is 4.57 Å². The second kappa shape index (κ2) is 8.45. The number of rotatable bonds is 5. The molecule has 0 aliphatic carbocycles. The van der Waals surface area contributed by atoms with E-state index in [0.29, 0.717) is 17.1 Å². The molecule has 7 nitrogen and oxygen atoms in total. The van der Waals surface area contributed by atoms with E-state index in [4.69, 9.17) is 0 Å². The maximum Gasteiger partial charge on any atom is 0.269 e. The number of aromatic nitrogens is 1.